The summed E-state index contributed by atoms with van der Waals surface area (Å²) >= 11 is 0. The van der Waals surface area contributed by atoms with Crippen LogP contribution in [0.5, 0.6) is 0 Å². The van der Waals surface area contributed by atoms with Crippen LogP contribution in [0.15, 0.2) is 52.1 Å². The predicted molar refractivity (Wildman–Crippen MR) is 85.2 cm³/mol. The third-order valence-electron chi connectivity index (χ3n) is 3.03. The topological polar surface area (TPSA) is 78.7 Å². The molecule has 1 heterocycles. The minimum atomic E-state index is -0.287. The molecule has 2 aromatic rings. The van der Waals surface area contributed by atoms with Gasteiger partial charge in [0.15, 0.2) is 5.96 Å². The van der Waals surface area contributed by atoms with Gasteiger partial charge in [0, 0.05) is 13.6 Å². The molecule has 0 saturated heterocycles. The van der Waals surface area contributed by atoms with E-state index in [1.54, 1.807) is 37.6 Å². The summed E-state index contributed by atoms with van der Waals surface area (Å²) in [4.78, 5) is 15.7. The van der Waals surface area contributed by atoms with Crippen molar-refractivity contribution in [3.63, 3.8) is 0 Å². The maximum atomic E-state index is 13.1. The van der Waals surface area contributed by atoms with Gasteiger partial charge < -0.3 is 20.4 Å². The fraction of sp³-hybridized carbons (Fsp3) is 0.250. The van der Waals surface area contributed by atoms with Crippen LogP contribution >= 0.6 is 0 Å². The highest BCUT2D eigenvalue weighted by Gasteiger charge is 2.05. The number of benzene rings is 1. The van der Waals surface area contributed by atoms with Crippen molar-refractivity contribution in [1.29, 1.82) is 0 Å². The lowest BCUT2D eigenvalue weighted by Gasteiger charge is -2.12. The number of nitrogens with zero attached hydrogens (tertiary/aromatic N) is 1. The van der Waals surface area contributed by atoms with E-state index in [0.29, 0.717) is 24.8 Å². The highest BCUT2D eigenvalue weighted by Crippen LogP contribution is 2.02. The van der Waals surface area contributed by atoms with E-state index in [1.807, 2.05) is 0 Å². The number of halogens is 1. The Balaban J connectivity index is 1.71. The van der Waals surface area contributed by atoms with Gasteiger partial charge in [0.25, 0.3) is 0 Å². The number of aliphatic imine (C=N–C) groups is 1. The van der Waals surface area contributed by atoms with Crippen LogP contribution in [0.4, 0.5) is 4.39 Å². The average Bonchev–Trinajstić information content (AvgIpc) is 3.06. The molecule has 0 spiro atoms. The molecule has 2 rings (SSSR count). The molecule has 3 N–H and O–H groups in total. The first-order valence-corrected chi connectivity index (χ1v) is 7.15. The normalized spacial score (nSPS) is 11.1. The summed E-state index contributed by atoms with van der Waals surface area (Å²) in [6, 6.07) is 9.82. The van der Waals surface area contributed by atoms with Crippen molar-refractivity contribution in [2.45, 2.75) is 13.1 Å². The monoisotopic (exact) mass is 318 g/mol. The summed E-state index contributed by atoms with van der Waals surface area (Å²) in [6.45, 7) is 0.817. The summed E-state index contributed by atoms with van der Waals surface area (Å²) < 4.78 is 18.2. The number of carbonyl (C=O) groups excluding carboxylic acids is 1. The number of amides is 1. The number of rotatable bonds is 6. The van der Waals surface area contributed by atoms with Crippen LogP contribution in [0.1, 0.15) is 11.3 Å². The van der Waals surface area contributed by atoms with Crippen LogP contribution in [-0.2, 0) is 17.9 Å². The van der Waals surface area contributed by atoms with Crippen LogP contribution in [0.3, 0.4) is 0 Å². The van der Waals surface area contributed by atoms with Crippen molar-refractivity contribution >= 4 is 11.9 Å². The first kappa shape index (κ1) is 16.5. The Morgan fingerprint density at radius 3 is 2.74 bits per heavy atom. The third kappa shape index (κ3) is 5.82. The van der Waals surface area contributed by atoms with Crippen LogP contribution in [0.2, 0.25) is 0 Å². The van der Waals surface area contributed by atoms with Crippen LogP contribution in [0.25, 0.3) is 0 Å². The second kappa shape index (κ2) is 8.57. The minimum absolute atomic E-state index is 0.0729. The van der Waals surface area contributed by atoms with Crippen molar-refractivity contribution in [2.24, 2.45) is 4.99 Å². The van der Waals surface area contributed by atoms with E-state index in [1.165, 1.54) is 12.1 Å². The Morgan fingerprint density at radius 2 is 2.04 bits per heavy atom. The van der Waals surface area contributed by atoms with Crippen molar-refractivity contribution in [3.8, 4) is 0 Å². The van der Waals surface area contributed by atoms with E-state index in [9.17, 15) is 9.18 Å². The maximum absolute atomic E-state index is 13.1. The molecule has 6 nitrogen and oxygen atoms in total. The molecule has 122 valence electrons. The molecule has 1 amide bonds. The van der Waals surface area contributed by atoms with Gasteiger partial charge in [-0.3, -0.25) is 9.79 Å². The quantitative estimate of drug-likeness (QED) is 0.556. The highest BCUT2D eigenvalue weighted by atomic mass is 19.1. The molecule has 0 aliphatic carbocycles. The molecule has 0 bridgehead atoms. The number of hydrogen-bond donors (Lipinski definition) is 3. The molecule has 1 aromatic heterocycles. The molecule has 1 aromatic carbocycles. The van der Waals surface area contributed by atoms with E-state index < -0.39 is 0 Å². The van der Waals surface area contributed by atoms with Crippen molar-refractivity contribution in [3.05, 3.63) is 59.8 Å². The van der Waals surface area contributed by atoms with E-state index in [2.05, 4.69) is 20.9 Å². The largest absolute Gasteiger partial charge is 0.467 e. The van der Waals surface area contributed by atoms with Crippen LogP contribution in [0, 0.1) is 5.82 Å². The lowest BCUT2D eigenvalue weighted by atomic mass is 10.2. The smallest absolute Gasteiger partial charge is 0.239 e. The van der Waals surface area contributed by atoms with Gasteiger partial charge in [0.05, 0.1) is 19.4 Å². The van der Waals surface area contributed by atoms with E-state index in [4.69, 9.17) is 4.42 Å². The molecule has 0 radical (unpaired) electrons. The third-order valence-corrected chi connectivity index (χ3v) is 3.03. The molecular weight excluding hydrogens is 299 g/mol. The van der Waals surface area contributed by atoms with Crippen molar-refractivity contribution in [1.82, 2.24) is 16.0 Å². The lowest BCUT2D eigenvalue weighted by Crippen LogP contribution is -2.42. The van der Waals surface area contributed by atoms with Gasteiger partial charge >= 0.3 is 0 Å². The highest BCUT2D eigenvalue weighted by molar-refractivity contribution is 5.86. The zero-order valence-electron chi connectivity index (χ0n) is 12.8. The van der Waals surface area contributed by atoms with Crippen molar-refractivity contribution < 1.29 is 13.6 Å². The molecule has 23 heavy (non-hydrogen) atoms. The molecule has 0 fully saturated rings. The number of hydrogen-bond acceptors (Lipinski definition) is 3. The number of furan rings is 1. The molecular formula is C16H19FN4O2. The van der Waals surface area contributed by atoms with Gasteiger partial charge in [-0.2, -0.15) is 0 Å². The lowest BCUT2D eigenvalue weighted by molar-refractivity contribution is -0.120. The zero-order chi connectivity index (χ0) is 16.5. The molecule has 0 saturated carbocycles. The molecule has 0 unspecified atom stereocenters. The maximum Gasteiger partial charge on any atom is 0.239 e. The van der Waals surface area contributed by atoms with Gasteiger partial charge in [-0.1, -0.05) is 12.1 Å². The summed E-state index contributed by atoms with van der Waals surface area (Å²) in [5.74, 6) is 0.675. The minimum Gasteiger partial charge on any atom is -0.467 e. The zero-order valence-corrected chi connectivity index (χ0v) is 12.8. The van der Waals surface area contributed by atoms with Gasteiger partial charge in [0.1, 0.15) is 11.6 Å². The fourth-order valence-electron chi connectivity index (χ4n) is 1.88. The van der Waals surface area contributed by atoms with E-state index >= 15 is 0 Å². The van der Waals surface area contributed by atoms with Crippen LogP contribution in [-0.4, -0.2) is 25.5 Å². The fourth-order valence-corrected chi connectivity index (χ4v) is 1.88. The number of carbonyl (C=O) groups is 1. The van der Waals surface area contributed by atoms with Gasteiger partial charge in [-0.05, 0) is 29.8 Å². The molecule has 0 aliphatic rings. The summed E-state index contributed by atoms with van der Waals surface area (Å²) in [7, 11) is 1.60. The van der Waals surface area contributed by atoms with Gasteiger partial charge in [-0.15, -0.1) is 0 Å². The molecule has 0 atom stereocenters. The molecule has 7 heteroatoms. The van der Waals surface area contributed by atoms with E-state index in [0.717, 1.165) is 5.56 Å². The SMILES string of the molecule is CN=C(NCC(=O)NCc1ccco1)NCc1cccc(F)c1. The number of guanidine groups is 1. The Kier molecular flexibility index (Phi) is 6.17. The summed E-state index contributed by atoms with van der Waals surface area (Å²) in [5.41, 5.74) is 0.787. The Labute approximate surface area is 133 Å². The summed E-state index contributed by atoms with van der Waals surface area (Å²) in [5, 5.41) is 8.62. The first-order chi connectivity index (χ1) is 11.2. The van der Waals surface area contributed by atoms with Crippen LogP contribution < -0.4 is 16.0 Å². The van der Waals surface area contributed by atoms with Gasteiger partial charge in [0.2, 0.25) is 5.91 Å². The first-order valence-electron chi connectivity index (χ1n) is 7.15. The number of nitrogens with one attached hydrogen (secondary N) is 3. The van der Waals surface area contributed by atoms with Gasteiger partial charge in [-0.25, -0.2) is 4.39 Å². The Morgan fingerprint density at radius 1 is 1.17 bits per heavy atom. The molecule has 0 aliphatic heterocycles. The standard InChI is InChI=1S/C16H19FN4O2/c1-18-16(20-9-12-4-2-5-13(17)8-12)21-11-15(22)19-10-14-6-3-7-23-14/h2-8H,9-11H2,1H3,(H,19,22)(H2,18,20,21). The summed E-state index contributed by atoms with van der Waals surface area (Å²) in [6.07, 6.45) is 1.55. The van der Waals surface area contributed by atoms with Crippen molar-refractivity contribution in [2.75, 3.05) is 13.6 Å². The second-order valence-electron chi connectivity index (χ2n) is 4.77. The Bertz CT molecular complexity index is 656. The Hall–Kier alpha value is -2.83. The second-order valence-corrected chi connectivity index (χ2v) is 4.77. The predicted octanol–water partition coefficient (Wildman–Crippen LogP) is 1.40. The van der Waals surface area contributed by atoms with E-state index in [-0.39, 0.29) is 18.3 Å². The average molecular weight is 318 g/mol.